The first-order valence-corrected chi connectivity index (χ1v) is 31.3. The number of hydrogen-bond donors (Lipinski definition) is 0. The Morgan fingerprint density at radius 2 is 0.514 bits per heavy atom. The quantitative estimate of drug-likeness (QED) is 0.0261. The summed E-state index contributed by atoms with van der Waals surface area (Å²) in [7, 11) is 0. The largest absolute Gasteiger partial charge is 0.462 e. The molecule has 0 N–H and O–H groups in total. The van der Waals surface area contributed by atoms with E-state index < -0.39 is 6.10 Å². The summed E-state index contributed by atoms with van der Waals surface area (Å²) in [6.45, 7) is 6.69. The van der Waals surface area contributed by atoms with Crippen molar-refractivity contribution < 1.29 is 28.6 Å². The van der Waals surface area contributed by atoms with Crippen LogP contribution < -0.4 is 0 Å². The zero-order valence-electron chi connectivity index (χ0n) is 47.3. The summed E-state index contributed by atoms with van der Waals surface area (Å²) >= 11 is 0. The first-order chi connectivity index (χ1) is 34.5. The molecule has 0 saturated heterocycles. The third-order valence-electron chi connectivity index (χ3n) is 14.2. The Labute approximate surface area is 436 Å². The van der Waals surface area contributed by atoms with Crippen molar-refractivity contribution in [2.24, 2.45) is 0 Å². The smallest absolute Gasteiger partial charge is 0.306 e. The van der Waals surface area contributed by atoms with Crippen LogP contribution >= 0.6 is 0 Å². The van der Waals surface area contributed by atoms with Crippen LogP contribution in [0.4, 0.5) is 0 Å². The molecule has 1 atom stereocenters. The highest BCUT2D eigenvalue weighted by Crippen LogP contribution is 2.18. The third-order valence-corrected chi connectivity index (χ3v) is 14.2. The van der Waals surface area contributed by atoms with Gasteiger partial charge in [-0.15, -0.1) is 0 Å². The second-order valence-corrected chi connectivity index (χ2v) is 21.3. The number of carbonyl (C=O) groups is 3. The summed E-state index contributed by atoms with van der Waals surface area (Å²) in [5, 5.41) is 0. The number of rotatable bonds is 58. The van der Waals surface area contributed by atoms with E-state index in [9.17, 15) is 14.4 Å². The molecule has 0 aromatic rings. The van der Waals surface area contributed by atoms with Gasteiger partial charge < -0.3 is 14.2 Å². The molecule has 0 heterocycles. The number of ether oxygens (including phenoxy) is 3. The molecule has 0 aromatic heterocycles. The van der Waals surface area contributed by atoms with Crippen LogP contribution in [0.25, 0.3) is 0 Å². The van der Waals surface area contributed by atoms with Crippen LogP contribution in [0.1, 0.15) is 348 Å². The molecular formula is C64H120O6. The number of unbranched alkanes of at least 4 members (excludes halogenated alkanes) is 43. The predicted octanol–water partition coefficient (Wildman–Crippen LogP) is 21.1. The maximum atomic E-state index is 12.9. The van der Waals surface area contributed by atoms with Crippen molar-refractivity contribution in [3.8, 4) is 0 Å². The molecule has 0 rings (SSSR count). The van der Waals surface area contributed by atoms with Crippen LogP contribution in [0.15, 0.2) is 24.3 Å². The van der Waals surface area contributed by atoms with E-state index in [0.29, 0.717) is 19.3 Å². The van der Waals surface area contributed by atoms with Crippen LogP contribution in [0.3, 0.4) is 0 Å². The van der Waals surface area contributed by atoms with Crippen molar-refractivity contribution in [2.45, 2.75) is 354 Å². The Hall–Kier alpha value is -2.11. The first-order valence-electron chi connectivity index (χ1n) is 31.3. The van der Waals surface area contributed by atoms with Crippen molar-refractivity contribution in [1.29, 1.82) is 0 Å². The van der Waals surface area contributed by atoms with E-state index in [0.717, 1.165) is 64.2 Å². The van der Waals surface area contributed by atoms with Gasteiger partial charge in [0.2, 0.25) is 0 Å². The molecule has 0 bridgehead atoms. The van der Waals surface area contributed by atoms with Gasteiger partial charge in [-0.25, -0.2) is 0 Å². The van der Waals surface area contributed by atoms with Gasteiger partial charge in [0.1, 0.15) is 13.2 Å². The Balaban J connectivity index is 4.29. The highest BCUT2D eigenvalue weighted by Gasteiger charge is 2.19. The Morgan fingerprint density at radius 3 is 0.786 bits per heavy atom. The molecule has 0 aliphatic heterocycles. The molecule has 1 unspecified atom stereocenters. The minimum atomic E-state index is -0.768. The van der Waals surface area contributed by atoms with Crippen molar-refractivity contribution in [1.82, 2.24) is 0 Å². The standard InChI is InChI=1S/C64H120O6/c1-4-7-10-13-16-19-22-25-27-29-31-32-33-35-36-39-42-45-48-51-54-57-63(66)69-60-61(59-68-62(65)56-53-50-47-44-41-38-24-21-18-15-12-9-6-3)70-64(67)58-55-52-49-46-43-40-37-34-30-28-26-23-20-17-14-11-8-5-2/h22,25,29,31,61H,4-21,23-24,26-28,30,32-60H2,1-3H3/b25-22-,31-29-. The summed E-state index contributed by atoms with van der Waals surface area (Å²) in [6.07, 6.45) is 70.3. The average molecular weight is 986 g/mol. The molecule has 70 heavy (non-hydrogen) atoms. The van der Waals surface area contributed by atoms with Crippen LogP contribution in [0, 0.1) is 0 Å². The van der Waals surface area contributed by atoms with Gasteiger partial charge in [0.25, 0.3) is 0 Å². The molecule has 0 saturated carbocycles. The SMILES string of the molecule is CCCCCCC/C=C\C/C=C\CCCCCCCCCCCC(=O)OCC(COC(=O)CCCCCCCCCCCCCCC)OC(=O)CCCCCCCCCCCCCCCCCCCC. The zero-order valence-corrected chi connectivity index (χ0v) is 47.3. The molecule has 0 fully saturated rings. The minimum Gasteiger partial charge on any atom is -0.462 e. The Kier molecular flexibility index (Phi) is 57.7. The summed E-state index contributed by atoms with van der Waals surface area (Å²) < 4.78 is 16.9. The summed E-state index contributed by atoms with van der Waals surface area (Å²) in [5.74, 6) is -0.844. The maximum absolute atomic E-state index is 12.9. The highest BCUT2D eigenvalue weighted by molar-refractivity contribution is 5.71. The van der Waals surface area contributed by atoms with Gasteiger partial charge in [0, 0.05) is 19.3 Å². The molecule has 6 heteroatoms. The number of esters is 3. The van der Waals surface area contributed by atoms with Gasteiger partial charge in [0.05, 0.1) is 0 Å². The lowest BCUT2D eigenvalue weighted by Gasteiger charge is -2.18. The normalized spacial score (nSPS) is 12.1. The molecule has 0 spiro atoms. The minimum absolute atomic E-state index is 0.0664. The van der Waals surface area contributed by atoms with Crippen molar-refractivity contribution in [3.63, 3.8) is 0 Å². The molecule has 0 amide bonds. The van der Waals surface area contributed by atoms with Crippen LogP contribution in [0.2, 0.25) is 0 Å². The van der Waals surface area contributed by atoms with E-state index in [1.807, 2.05) is 0 Å². The van der Waals surface area contributed by atoms with Gasteiger partial charge in [-0.1, -0.05) is 302 Å². The van der Waals surface area contributed by atoms with E-state index in [1.165, 1.54) is 244 Å². The summed E-state index contributed by atoms with van der Waals surface area (Å²) in [5.41, 5.74) is 0. The Morgan fingerprint density at radius 1 is 0.286 bits per heavy atom. The van der Waals surface area contributed by atoms with E-state index in [2.05, 4.69) is 45.1 Å². The fraction of sp³-hybridized carbons (Fsp3) is 0.891. The van der Waals surface area contributed by atoms with Gasteiger partial charge in [-0.3, -0.25) is 14.4 Å². The van der Waals surface area contributed by atoms with Gasteiger partial charge in [-0.2, -0.15) is 0 Å². The average Bonchev–Trinajstić information content (AvgIpc) is 3.36. The zero-order chi connectivity index (χ0) is 50.7. The fourth-order valence-corrected chi connectivity index (χ4v) is 9.48. The molecule has 0 aliphatic rings. The second kappa shape index (κ2) is 59.5. The first kappa shape index (κ1) is 67.9. The number of carbonyl (C=O) groups excluding carboxylic acids is 3. The van der Waals surface area contributed by atoms with Crippen LogP contribution in [-0.2, 0) is 28.6 Å². The van der Waals surface area contributed by atoms with Crippen molar-refractivity contribution in [2.75, 3.05) is 13.2 Å². The topological polar surface area (TPSA) is 78.9 Å². The van der Waals surface area contributed by atoms with Gasteiger partial charge in [0.15, 0.2) is 6.10 Å². The lowest BCUT2D eigenvalue weighted by Crippen LogP contribution is -2.30. The molecule has 0 radical (unpaired) electrons. The van der Waals surface area contributed by atoms with Crippen LogP contribution in [0.5, 0.6) is 0 Å². The molecule has 6 nitrogen and oxygen atoms in total. The van der Waals surface area contributed by atoms with Gasteiger partial charge >= 0.3 is 17.9 Å². The van der Waals surface area contributed by atoms with Gasteiger partial charge in [-0.05, 0) is 51.4 Å². The lowest BCUT2D eigenvalue weighted by molar-refractivity contribution is -0.167. The van der Waals surface area contributed by atoms with E-state index in [1.54, 1.807) is 0 Å². The monoisotopic (exact) mass is 985 g/mol. The molecule has 0 aliphatic carbocycles. The molecule has 412 valence electrons. The van der Waals surface area contributed by atoms with E-state index in [4.69, 9.17) is 14.2 Å². The van der Waals surface area contributed by atoms with E-state index in [-0.39, 0.29) is 31.1 Å². The predicted molar refractivity (Wildman–Crippen MR) is 303 cm³/mol. The van der Waals surface area contributed by atoms with Crippen LogP contribution in [-0.4, -0.2) is 37.2 Å². The van der Waals surface area contributed by atoms with Crippen molar-refractivity contribution in [3.05, 3.63) is 24.3 Å². The Bertz CT molecular complexity index is 1130. The summed E-state index contributed by atoms with van der Waals surface area (Å²) in [4.78, 5) is 38.2. The lowest BCUT2D eigenvalue weighted by atomic mass is 10.0. The number of hydrogen-bond acceptors (Lipinski definition) is 6. The molecule has 0 aromatic carbocycles. The van der Waals surface area contributed by atoms with E-state index >= 15 is 0 Å². The summed E-state index contributed by atoms with van der Waals surface area (Å²) in [6, 6.07) is 0. The maximum Gasteiger partial charge on any atom is 0.306 e. The second-order valence-electron chi connectivity index (χ2n) is 21.3. The highest BCUT2D eigenvalue weighted by atomic mass is 16.6. The molecular weight excluding hydrogens is 865 g/mol. The number of allylic oxidation sites excluding steroid dienone is 4. The fourth-order valence-electron chi connectivity index (χ4n) is 9.48. The third kappa shape index (κ3) is 56.8. The van der Waals surface area contributed by atoms with Crippen molar-refractivity contribution >= 4 is 17.9 Å².